The lowest BCUT2D eigenvalue weighted by Crippen LogP contribution is -2.25. The van der Waals surface area contributed by atoms with E-state index in [0.29, 0.717) is 36.6 Å². The Morgan fingerprint density at radius 2 is 1.92 bits per heavy atom. The van der Waals surface area contributed by atoms with E-state index in [-0.39, 0.29) is 5.91 Å². The van der Waals surface area contributed by atoms with Gasteiger partial charge in [0.25, 0.3) is 0 Å². The van der Waals surface area contributed by atoms with Crippen LogP contribution in [0.25, 0.3) is 0 Å². The van der Waals surface area contributed by atoms with Gasteiger partial charge < -0.3 is 19.5 Å². The molecule has 130 valence electrons. The quantitative estimate of drug-likeness (QED) is 0.752. The predicted octanol–water partition coefficient (Wildman–Crippen LogP) is 2.46. The number of thiazole rings is 1. The molecular formula is C17H22N2O4S. The first-order valence-electron chi connectivity index (χ1n) is 7.62. The zero-order chi connectivity index (χ0) is 17.4. The number of rotatable bonds is 9. The highest BCUT2D eigenvalue weighted by molar-refractivity contribution is 7.09. The van der Waals surface area contributed by atoms with Crippen LogP contribution in [0.5, 0.6) is 17.2 Å². The van der Waals surface area contributed by atoms with Crippen LogP contribution in [0.15, 0.2) is 23.7 Å². The minimum absolute atomic E-state index is 0.00314. The molecule has 0 aliphatic carbocycles. The summed E-state index contributed by atoms with van der Waals surface area (Å²) in [5.74, 6) is 1.75. The van der Waals surface area contributed by atoms with E-state index < -0.39 is 0 Å². The third kappa shape index (κ3) is 4.61. The summed E-state index contributed by atoms with van der Waals surface area (Å²) in [6.07, 6.45) is 3.46. The summed E-state index contributed by atoms with van der Waals surface area (Å²) in [6.45, 7) is 0.593. The molecule has 0 fully saturated rings. The highest BCUT2D eigenvalue weighted by atomic mass is 32.1. The molecule has 0 unspecified atom stereocenters. The Balaban J connectivity index is 1.89. The minimum Gasteiger partial charge on any atom is -0.493 e. The second kappa shape index (κ2) is 9.12. The van der Waals surface area contributed by atoms with Gasteiger partial charge in [-0.05, 0) is 18.1 Å². The highest BCUT2D eigenvalue weighted by Gasteiger charge is 2.16. The molecule has 6 nitrogen and oxygen atoms in total. The van der Waals surface area contributed by atoms with E-state index in [9.17, 15) is 4.79 Å². The van der Waals surface area contributed by atoms with Crippen LogP contribution in [0.2, 0.25) is 0 Å². The van der Waals surface area contributed by atoms with Gasteiger partial charge in [0, 0.05) is 31.0 Å². The number of benzene rings is 1. The van der Waals surface area contributed by atoms with Crippen molar-refractivity contribution < 1.29 is 19.0 Å². The van der Waals surface area contributed by atoms with Gasteiger partial charge in [0.1, 0.15) is 0 Å². The highest BCUT2D eigenvalue weighted by Crippen LogP contribution is 2.40. The fraction of sp³-hybridized carbons (Fsp3) is 0.412. The lowest BCUT2D eigenvalue weighted by molar-refractivity contribution is -0.121. The summed E-state index contributed by atoms with van der Waals surface area (Å²) < 4.78 is 16.0. The van der Waals surface area contributed by atoms with Crippen LogP contribution in [0.1, 0.15) is 17.0 Å². The van der Waals surface area contributed by atoms with Crippen molar-refractivity contribution in [1.29, 1.82) is 0 Å². The molecule has 0 aliphatic rings. The number of nitrogens with zero attached hydrogens (tertiary/aromatic N) is 1. The van der Waals surface area contributed by atoms with Gasteiger partial charge in [-0.15, -0.1) is 11.3 Å². The van der Waals surface area contributed by atoms with E-state index in [0.717, 1.165) is 17.0 Å². The number of carbonyl (C=O) groups is 1. The summed E-state index contributed by atoms with van der Waals surface area (Å²) in [5.41, 5.74) is 0.908. The van der Waals surface area contributed by atoms with Crippen molar-refractivity contribution >= 4 is 17.2 Å². The molecule has 24 heavy (non-hydrogen) atoms. The monoisotopic (exact) mass is 350 g/mol. The van der Waals surface area contributed by atoms with Gasteiger partial charge in [0.05, 0.1) is 26.3 Å². The molecule has 0 saturated heterocycles. The molecule has 1 heterocycles. The fourth-order valence-corrected chi connectivity index (χ4v) is 3.00. The molecule has 1 amide bonds. The van der Waals surface area contributed by atoms with E-state index in [2.05, 4.69) is 10.3 Å². The Hall–Kier alpha value is -2.28. The molecule has 1 aromatic heterocycles. The van der Waals surface area contributed by atoms with Gasteiger partial charge in [-0.3, -0.25) is 4.79 Å². The number of ether oxygens (including phenoxy) is 3. The Morgan fingerprint density at radius 1 is 1.12 bits per heavy atom. The minimum atomic E-state index is 0.00314. The third-order valence-corrected chi connectivity index (χ3v) is 4.39. The maximum absolute atomic E-state index is 12.0. The SMILES string of the molecule is COc1ccc(CCC(=O)NCCc2nccs2)c(OC)c1OC. The molecule has 7 heteroatoms. The Morgan fingerprint density at radius 3 is 2.54 bits per heavy atom. The molecule has 0 atom stereocenters. The molecule has 0 radical (unpaired) electrons. The third-order valence-electron chi connectivity index (χ3n) is 3.55. The molecular weight excluding hydrogens is 328 g/mol. The average molecular weight is 350 g/mol. The van der Waals surface area contributed by atoms with E-state index in [1.165, 1.54) is 0 Å². The molecule has 2 rings (SSSR count). The molecule has 0 saturated carbocycles. The number of methoxy groups -OCH3 is 3. The first kappa shape index (κ1) is 18.1. The summed E-state index contributed by atoms with van der Waals surface area (Å²) in [4.78, 5) is 16.2. The smallest absolute Gasteiger partial charge is 0.220 e. The van der Waals surface area contributed by atoms with Gasteiger partial charge in [0.2, 0.25) is 11.7 Å². The van der Waals surface area contributed by atoms with Crippen LogP contribution in [-0.4, -0.2) is 38.8 Å². The predicted molar refractivity (Wildman–Crippen MR) is 93.2 cm³/mol. The molecule has 0 bridgehead atoms. The van der Waals surface area contributed by atoms with Crippen LogP contribution < -0.4 is 19.5 Å². The Bertz CT molecular complexity index is 659. The molecule has 0 spiro atoms. The number of hydrogen-bond acceptors (Lipinski definition) is 6. The zero-order valence-corrected chi connectivity index (χ0v) is 14.9. The van der Waals surface area contributed by atoms with E-state index in [4.69, 9.17) is 14.2 Å². The largest absolute Gasteiger partial charge is 0.493 e. The summed E-state index contributed by atoms with van der Waals surface area (Å²) in [5, 5.41) is 5.87. The van der Waals surface area contributed by atoms with E-state index >= 15 is 0 Å². The van der Waals surface area contributed by atoms with Crippen molar-refractivity contribution in [3.8, 4) is 17.2 Å². The van der Waals surface area contributed by atoms with Crippen LogP contribution in [0.3, 0.4) is 0 Å². The van der Waals surface area contributed by atoms with Crippen molar-refractivity contribution in [2.75, 3.05) is 27.9 Å². The van der Waals surface area contributed by atoms with Crippen molar-refractivity contribution in [2.24, 2.45) is 0 Å². The van der Waals surface area contributed by atoms with Crippen LogP contribution in [-0.2, 0) is 17.6 Å². The van der Waals surface area contributed by atoms with Gasteiger partial charge in [-0.1, -0.05) is 6.07 Å². The van der Waals surface area contributed by atoms with Gasteiger partial charge in [-0.2, -0.15) is 0 Å². The number of amides is 1. The second-order valence-corrected chi connectivity index (χ2v) is 6.00. The second-order valence-electron chi connectivity index (χ2n) is 5.02. The number of nitrogens with one attached hydrogen (secondary N) is 1. The molecule has 0 aliphatic heterocycles. The van der Waals surface area contributed by atoms with Crippen molar-refractivity contribution in [3.05, 3.63) is 34.3 Å². The summed E-state index contributed by atoms with van der Waals surface area (Å²) in [6, 6.07) is 3.71. The number of carbonyl (C=O) groups excluding carboxylic acids is 1. The molecule has 2 aromatic rings. The zero-order valence-electron chi connectivity index (χ0n) is 14.1. The molecule has 1 aromatic carbocycles. The normalized spacial score (nSPS) is 10.3. The topological polar surface area (TPSA) is 69.7 Å². The lowest BCUT2D eigenvalue weighted by atomic mass is 10.1. The van der Waals surface area contributed by atoms with Crippen molar-refractivity contribution in [2.45, 2.75) is 19.3 Å². The van der Waals surface area contributed by atoms with Crippen LogP contribution in [0.4, 0.5) is 0 Å². The van der Waals surface area contributed by atoms with E-state index in [1.807, 2.05) is 17.5 Å². The van der Waals surface area contributed by atoms with Gasteiger partial charge in [-0.25, -0.2) is 4.98 Å². The fourth-order valence-electron chi connectivity index (χ4n) is 2.38. The van der Waals surface area contributed by atoms with Gasteiger partial charge >= 0.3 is 0 Å². The number of aromatic nitrogens is 1. The standard InChI is InChI=1S/C17H22N2O4S/c1-21-13-6-4-12(16(22-2)17(13)23-3)5-7-14(20)18-9-8-15-19-10-11-24-15/h4,6,10-11H,5,7-9H2,1-3H3,(H,18,20). The van der Waals surface area contributed by atoms with Crippen LogP contribution in [0, 0.1) is 0 Å². The van der Waals surface area contributed by atoms with Crippen molar-refractivity contribution in [3.63, 3.8) is 0 Å². The lowest BCUT2D eigenvalue weighted by Gasteiger charge is -2.15. The van der Waals surface area contributed by atoms with Gasteiger partial charge in [0.15, 0.2) is 11.5 Å². The number of aryl methyl sites for hydroxylation is 1. The summed E-state index contributed by atoms with van der Waals surface area (Å²) >= 11 is 1.59. The Labute approximate surface area is 145 Å². The van der Waals surface area contributed by atoms with Crippen molar-refractivity contribution in [1.82, 2.24) is 10.3 Å². The maximum atomic E-state index is 12.0. The maximum Gasteiger partial charge on any atom is 0.220 e. The summed E-state index contributed by atoms with van der Waals surface area (Å²) in [7, 11) is 4.72. The Kier molecular flexibility index (Phi) is 6.87. The first-order chi connectivity index (χ1) is 11.7. The van der Waals surface area contributed by atoms with Crippen LogP contribution >= 0.6 is 11.3 Å². The number of hydrogen-bond donors (Lipinski definition) is 1. The molecule has 1 N–H and O–H groups in total. The average Bonchev–Trinajstić information content (AvgIpc) is 3.12. The van der Waals surface area contributed by atoms with E-state index in [1.54, 1.807) is 38.9 Å². The first-order valence-corrected chi connectivity index (χ1v) is 8.50.